The minimum Gasteiger partial charge on any atom is -0.378 e. The molecule has 0 amide bonds. The molecule has 0 saturated carbocycles. The third kappa shape index (κ3) is 1.78. The van der Waals surface area contributed by atoms with Gasteiger partial charge in [0.25, 0.3) is 0 Å². The number of aliphatic hydroxyl groups is 2. The molecule has 0 aliphatic carbocycles. The highest BCUT2D eigenvalue weighted by atomic mass is 16.3. The lowest BCUT2D eigenvalue weighted by Gasteiger charge is -2.49. The highest BCUT2D eigenvalue weighted by Gasteiger charge is 2.40. The Balaban J connectivity index is 2.10. The Hall–Kier alpha value is -0.200. The van der Waals surface area contributed by atoms with Crippen LogP contribution in [0, 0.1) is 0 Å². The van der Waals surface area contributed by atoms with Crippen LogP contribution in [0.1, 0.15) is 26.7 Å². The molecule has 2 aliphatic rings. The van der Waals surface area contributed by atoms with Crippen molar-refractivity contribution in [3.05, 3.63) is 0 Å². The summed E-state index contributed by atoms with van der Waals surface area (Å²) in [5.74, 6) is 0. The lowest BCUT2D eigenvalue weighted by Crippen LogP contribution is -2.72. The van der Waals surface area contributed by atoms with Crippen molar-refractivity contribution in [3.8, 4) is 0 Å². The minimum absolute atomic E-state index is 0.104. The van der Waals surface area contributed by atoms with Gasteiger partial charge in [-0.3, -0.25) is 10.6 Å². The second-order valence-corrected chi connectivity index (χ2v) is 4.42. The van der Waals surface area contributed by atoms with Crippen LogP contribution < -0.4 is 10.6 Å². The van der Waals surface area contributed by atoms with Crippen molar-refractivity contribution in [2.24, 2.45) is 0 Å². The van der Waals surface area contributed by atoms with E-state index in [1.165, 1.54) is 0 Å². The van der Waals surface area contributed by atoms with Gasteiger partial charge in [-0.05, 0) is 13.8 Å². The zero-order chi connectivity index (χ0) is 10.3. The molecule has 4 unspecified atom stereocenters. The van der Waals surface area contributed by atoms with Gasteiger partial charge >= 0.3 is 0 Å². The number of nitrogens with one attached hydrogen (secondary N) is 2. The first-order valence-electron chi connectivity index (χ1n) is 5.23. The molecule has 0 aromatic carbocycles. The molecule has 2 aliphatic heterocycles. The summed E-state index contributed by atoms with van der Waals surface area (Å²) in [6.07, 6.45) is 0.109. The van der Waals surface area contributed by atoms with Crippen LogP contribution in [-0.2, 0) is 0 Å². The zero-order valence-electron chi connectivity index (χ0n) is 8.64. The molecule has 0 aromatic heterocycles. The Morgan fingerprint density at radius 2 is 1.43 bits per heavy atom. The largest absolute Gasteiger partial charge is 0.378 e. The van der Waals surface area contributed by atoms with Crippen molar-refractivity contribution < 1.29 is 10.2 Å². The van der Waals surface area contributed by atoms with Crippen molar-refractivity contribution in [2.45, 2.75) is 57.5 Å². The van der Waals surface area contributed by atoms with Gasteiger partial charge in [0.1, 0.15) is 18.7 Å². The van der Waals surface area contributed by atoms with E-state index in [0.717, 1.165) is 0 Å². The first-order chi connectivity index (χ1) is 6.58. The Labute approximate surface area is 84.1 Å². The molecular weight excluding hydrogens is 182 g/mol. The van der Waals surface area contributed by atoms with Gasteiger partial charge in [-0.25, -0.2) is 4.90 Å². The van der Waals surface area contributed by atoms with Crippen molar-refractivity contribution in [1.82, 2.24) is 15.5 Å². The third-order valence-corrected chi connectivity index (χ3v) is 3.00. The van der Waals surface area contributed by atoms with Gasteiger partial charge in [0.15, 0.2) is 0 Å². The lowest BCUT2D eigenvalue weighted by molar-refractivity contribution is -0.187. The molecule has 14 heavy (non-hydrogen) atoms. The Kier molecular flexibility index (Phi) is 2.77. The molecule has 0 spiro atoms. The molecule has 2 fully saturated rings. The van der Waals surface area contributed by atoms with E-state index in [2.05, 4.69) is 10.6 Å². The smallest absolute Gasteiger partial charge is 0.119 e. The van der Waals surface area contributed by atoms with E-state index in [1.807, 2.05) is 13.8 Å². The average Bonchev–Trinajstić information content (AvgIpc) is 1.99. The normalized spacial score (nSPS) is 50.1. The summed E-state index contributed by atoms with van der Waals surface area (Å²) in [5.41, 5.74) is 0. The molecular formula is C9H19N3O2. The molecule has 4 atom stereocenters. The van der Waals surface area contributed by atoms with Crippen LogP contribution in [0.5, 0.6) is 0 Å². The predicted molar refractivity (Wildman–Crippen MR) is 52.1 cm³/mol. The number of hydrogen-bond acceptors (Lipinski definition) is 5. The summed E-state index contributed by atoms with van der Waals surface area (Å²) < 4.78 is 0. The molecule has 2 heterocycles. The number of hydrogen-bond donors (Lipinski definition) is 4. The van der Waals surface area contributed by atoms with E-state index < -0.39 is 12.5 Å². The molecule has 2 rings (SSSR count). The van der Waals surface area contributed by atoms with Crippen LogP contribution in [0.2, 0.25) is 0 Å². The van der Waals surface area contributed by atoms with Gasteiger partial charge < -0.3 is 10.2 Å². The molecule has 2 saturated heterocycles. The number of aliphatic hydroxyl groups excluding tert-OH is 2. The first kappa shape index (κ1) is 10.3. The Bertz CT molecular complexity index is 194. The molecule has 0 bridgehead atoms. The highest BCUT2D eigenvalue weighted by Crippen LogP contribution is 2.22. The second-order valence-electron chi connectivity index (χ2n) is 4.42. The second kappa shape index (κ2) is 3.75. The summed E-state index contributed by atoms with van der Waals surface area (Å²) in [4.78, 5) is 1.69. The van der Waals surface area contributed by atoms with Crippen LogP contribution in [0.3, 0.4) is 0 Å². The minimum atomic E-state index is -0.550. The van der Waals surface area contributed by atoms with Crippen LogP contribution in [0.4, 0.5) is 0 Å². The van der Waals surface area contributed by atoms with Gasteiger partial charge in [-0.2, -0.15) is 0 Å². The van der Waals surface area contributed by atoms with Crippen LogP contribution >= 0.6 is 0 Å². The SMILES string of the molecule is CC1CC(O)N2C(O)CC(C)NC2N1. The number of nitrogens with zero attached hydrogens (tertiary/aromatic N) is 1. The monoisotopic (exact) mass is 201 g/mol. The topological polar surface area (TPSA) is 67.8 Å². The van der Waals surface area contributed by atoms with Gasteiger partial charge in [-0.15, -0.1) is 0 Å². The van der Waals surface area contributed by atoms with Gasteiger partial charge in [0.2, 0.25) is 0 Å². The first-order valence-corrected chi connectivity index (χ1v) is 5.23. The maximum atomic E-state index is 9.82. The van der Waals surface area contributed by atoms with Crippen molar-refractivity contribution in [3.63, 3.8) is 0 Å². The predicted octanol–water partition coefficient (Wildman–Crippen LogP) is -1.03. The van der Waals surface area contributed by atoms with Crippen LogP contribution in [0.15, 0.2) is 0 Å². The molecule has 5 nitrogen and oxygen atoms in total. The van der Waals surface area contributed by atoms with Gasteiger partial charge in [0, 0.05) is 24.9 Å². The van der Waals surface area contributed by atoms with E-state index in [9.17, 15) is 10.2 Å². The maximum absolute atomic E-state index is 9.82. The van der Waals surface area contributed by atoms with Gasteiger partial charge in [0.05, 0.1) is 0 Å². The summed E-state index contributed by atoms with van der Waals surface area (Å²) >= 11 is 0. The van der Waals surface area contributed by atoms with Crippen molar-refractivity contribution in [2.75, 3.05) is 0 Å². The fourth-order valence-electron chi connectivity index (χ4n) is 2.31. The quantitative estimate of drug-likeness (QED) is 0.404. The standard InChI is InChI=1S/C9H19N3O2/c1-5-3-7(13)12-8(14)4-6(2)11-9(12)10-5/h5-11,13-14H,3-4H2,1-2H3. The molecule has 82 valence electrons. The third-order valence-electron chi connectivity index (χ3n) is 3.00. The summed E-state index contributed by atoms with van der Waals surface area (Å²) in [5, 5.41) is 26.2. The lowest BCUT2D eigenvalue weighted by atomic mass is 10.1. The zero-order valence-corrected chi connectivity index (χ0v) is 8.64. The fraction of sp³-hybridized carbons (Fsp3) is 1.00. The molecule has 0 aromatic rings. The summed E-state index contributed by atoms with van der Waals surface area (Å²) in [6.45, 7) is 4.07. The average molecular weight is 201 g/mol. The summed E-state index contributed by atoms with van der Waals surface area (Å²) in [7, 11) is 0. The van der Waals surface area contributed by atoms with E-state index in [4.69, 9.17) is 0 Å². The Morgan fingerprint density at radius 1 is 1.00 bits per heavy atom. The maximum Gasteiger partial charge on any atom is 0.119 e. The summed E-state index contributed by atoms with van der Waals surface area (Å²) in [6, 6.07) is 0.549. The number of rotatable bonds is 0. The van der Waals surface area contributed by atoms with Crippen LogP contribution in [-0.4, -0.2) is 45.9 Å². The number of fused-ring (bicyclic) bond motifs is 1. The molecule has 0 radical (unpaired) electrons. The fourth-order valence-corrected chi connectivity index (χ4v) is 2.31. The molecule has 4 N–H and O–H groups in total. The highest BCUT2D eigenvalue weighted by molar-refractivity contribution is 4.89. The van der Waals surface area contributed by atoms with Gasteiger partial charge in [-0.1, -0.05) is 0 Å². The van der Waals surface area contributed by atoms with Crippen molar-refractivity contribution in [1.29, 1.82) is 0 Å². The van der Waals surface area contributed by atoms with E-state index in [0.29, 0.717) is 12.8 Å². The molecule has 5 heteroatoms. The Morgan fingerprint density at radius 3 is 1.86 bits per heavy atom. The van der Waals surface area contributed by atoms with E-state index >= 15 is 0 Å². The van der Waals surface area contributed by atoms with E-state index in [1.54, 1.807) is 4.90 Å². The van der Waals surface area contributed by atoms with Crippen molar-refractivity contribution >= 4 is 0 Å². The van der Waals surface area contributed by atoms with Crippen LogP contribution in [0.25, 0.3) is 0 Å². The van der Waals surface area contributed by atoms with E-state index in [-0.39, 0.29) is 18.4 Å².